The third-order valence-electron chi connectivity index (χ3n) is 3.72. The van der Waals surface area contributed by atoms with Gasteiger partial charge in [-0.05, 0) is 12.5 Å². The van der Waals surface area contributed by atoms with Gasteiger partial charge in [0, 0.05) is 16.7 Å². The minimum atomic E-state index is -4.06. The van der Waals surface area contributed by atoms with E-state index in [9.17, 15) is 18.0 Å². The summed E-state index contributed by atoms with van der Waals surface area (Å²) in [6.07, 6.45) is 0.0707. The number of fused-ring (bicyclic) bond motifs is 2. The van der Waals surface area contributed by atoms with E-state index in [1.54, 1.807) is 42.5 Å². The second-order valence-electron chi connectivity index (χ2n) is 5.37. The van der Waals surface area contributed by atoms with Gasteiger partial charge in [-0.25, -0.2) is 0 Å². The van der Waals surface area contributed by atoms with E-state index in [0.717, 1.165) is 0 Å². The third kappa shape index (κ3) is 3.08. The van der Waals surface area contributed by atoms with Gasteiger partial charge in [0.1, 0.15) is 5.75 Å². The predicted octanol–water partition coefficient (Wildman–Crippen LogP) is 2.12. The molecule has 1 aliphatic rings. The minimum Gasteiger partial charge on any atom is -0.493 e. The molecule has 0 amide bonds. The highest BCUT2D eigenvalue weighted by Crippen LogP contribution is 2.33. The summed E-state index contributed by atoms with van der Waals surface area (Å²) in [6.45, 7) is -0.000634. The fourth-order valence-corrected chi connectivity index (χ4v) is 3.14. The molecule has 1 N–H and O–H groups in total. The molecule has 0 aromatic heterocycles. The molecule has 0 fully saturated rings. The van der Waals surface area contributed by atoms with Gasteiger partial charge in [0.05, 0.1) is 17.9 Å². The van der Waals surface area contributed by atoms with Crippen molar-refractivity contribution in [2.45, 2.75) is 6.42 Å². The number of hydrogen-bond acceptors (Lipinski definition) is 5. The zero-order valence-corrected chi connectivity index (χ0v) is 13.4. The molecule has 0 bridgehead atoms. The quantitative estimate of drug-likeness (QED) is 0.561. The molecule has 0 saturated carbocycles. The van der Waals surface area contributed by atoms with Crippen LogP contribution >= 0.6 is 0 Å². The number of ketones is 2. The first kappa shape index (κ1) is 16.4. The second kappa shape index (κ2) is 6.18. The van der Waals surface area contributed by atoms with Gasteiger partial charge >= 0.3 is 0 Å². The molecule has 3 rings (SSSR count). The number of carbonyl (C=O) groups is 2. The Balaban J connectivity index is 1.90. The summed E-state index contributed by atoms with van der Waals surface area (Å²) >= 11 is 0. The highest BCUT2D eigenvalue weighted by Gasteiger charge is 2.31. The van der Waals surface area contributed by atoms with Gasteiger partial charge in [-0.1, -0.05) is 36.4 Å². The fourth-order valence-electron chi connectivity index (χ4n) is 2.66. The maximum absolute atomic E-state index is 12.7. The Labute approximate surface area is 138 Å². The molecule has 124 valence electrons. The Hall–Kier alpha value is -2.51. The van der Waals surface area contributed by atoms with Gasteiger partial charge < -0.3 is 4.74 Å². The van der Waals surface area contributed by atoms with Crippen LogP contribution in [0.25, 0.3) is 0 Å². The summed E-state index contributed by atoms with van der Waals surface area (Å²) in [5.74, 6) is -0.748. The van der Waals surface area contributed by atoms with Gasteiger partial charge in [-0.2, -0.15) is 8.42 Å². The number of benzene rings is 2. The Morgan fingerprint density at radius 3 is 2.17 bits per heavy atom. The fraction of sp³-hybridized carbons (Fsp3) is 0.176. The molecule has 2 aromatic carbocycles. The lowest BCUT2D eigenvalue weighted by molar-refractivity contribution is 0.0975. The van der Waals surface area contributed by atoms with E-state index in [-0.39, 0.29) is 41.5 Å². The summed E-state index contributed by atoms with van der Waals surface area (Å²) in [6, 6.07) is 11.3. The third-order valence-corrected chi connectivity index (χ3v) is 4.52. The smallest absolute Gasteiger partial charge is 0.264 e. The summed E-state index contributed by atoms with van der Waals surface area (Å²) < 4.78 is 35.6. The van der Waals surface area contributed by atoms with Gasteiger partial charge in [-0.15, -0.1) is 0 Å². The van der Waals surface area contributed by atoms with E-state index in [4.69, 9.17) is 9.29 Å². The van der Waals surface area contributed by atoms with E-state index in [2.05, 4.69) is 0 Å². The first-order chi connectivity index (χ1) is 11.4. The summed E-state index contributed by atoms with van der Waals surface area (Å²) in [5.41, 5.74) is 1.14. The molecule has 0 spiro atoms. The van der Waals surface area contributed by atoms with E-state index in [1.165, 1.54) is 0 Å². The van der Waals surface area contributed by atoms with Crippen molar-refractivity contribution in [3.63, 3.8) is 0 Å². The van der Waals surface area contributed by atoms with Crippen LogP contribution in [0.15, 0.2) is 42.5 Å². The highest BCUT2D eigenvalue weighted by molar-refractivity contribution is 7.85. The van der Waals surface area contributed by atoms with Crippen molar-refractivity contribution in [1.29, 1.82) is 0 Å². The largest absolute Gasteiger partial charge is 0.493 e. The highest BCUT2D eigenvalue weighted by atomic mass is 32.2. The van der Waals surface area contributed by atoms with Crippen molar-refractivity contribution in [1.82, 2.24) is 0 Å². The lowest BCUT2D eigenvalue weighted by Gasteiger charge is -2.20. The standard InChI is InChI=1S/C17H14O6S/c18-16-11-5-1-2-6-12(11)17(19)15-13(16)7-3-8-14(15)23-9-4-10-24(20,21)22/h1-3,5-8H,4,9-10H2,(H,20,21,22). The molecular weight excluding hydrogens is 332 g/mol. The number of hydrogen-bond donors (Lipinski definition) is 1. The molecule has 0 atom stereocenters. The van der Waals surface area contributed by atoms with E-state index < -0.39 is 15.9 Å². The average Bonchev–Trinajstić information content (AvgIpc) is 2.55. The van der Waals surface area contributed by atoms with Crippen LogP contribution < -0.4 is 4.74 Å². The van der Waals surface area contributed by atoms with Crippen LogP contribution in [0, 0.1) is 0 Å². The first-order valence-corrected chi connectivity index (χ1v) is 8.89. The number of ether oxygens (including phenoxy) is 1. The van der Waals surface area contributed by atoms with E-state index in [0.29, 0.717) is 11.1 Å². The van der Waals surface area contributed by atoms with Crippen molar-refractivity contribution in [2.24, 2.45) is 0 Å². The van der Waals surface area contributed by atoms with Crippen LogP contribution in [0.2, 0.25) is 0 Å². The average molecular weight is 346 g/mol. The second-order valence-corrected chi connectivity index (χ2v) is 6.94. The summed E-state index contributed by atoms with van der Waals surface area (Å²) in [7, 11) is -4.06. The number of rotatable bonds is 5. The van der Waals surface area contributed by atoms with Crippen LogP contribution in [0.5, 0.6) is 5.75 Å². The van der Waals surface area contributed by atoms with Crippen LogP contribution in [-0.4, -0.2) is 36.9 Å². The SMILES string of the molecule is O=C1c2ccccc2C(=O)c2c(OCCCS(=O)(=O)O)cccc21. The molecule has 0 aliphatic heterocycles. The number of carbonyl (C=O) groups excluding carboxylic acids is 2. The topological polar surface area (TPSA) is 97.7 Å². The molecule has 6 nitrogen and oxygen atoms in total. The normalized spacial score (nSPS) is 13.4. The Morgan fingerprint density at radius 1 is 0.875 bits per heavy atom. The van der Waals surface area contributed by atoms with Gasteiger partial charge in [0.15, 0.2) is 11.6 Å². The molecule has 1 aliphatic carbocycles. The van der Waals surface area contributed by atoms with Crippen molar-refractivity contribution >= 4 is 21.7 Å². The van der Waals surface area contributed by atoms with Crippen LogP contribution in [0.1, 0.15) is 38.3 Å². The van der Waals surface area contributed by atoms with Crippen LogP contribution in [-0.2, 0) is 10.1 Å². The Bertz CT molecular complexity index is 930. The zero-order valence-electron chi connectivity index (χ0n) is 12.6. The summed E-state index contributed by atoms with van der Waals surface area (Å²) in [5, 5.41) is 0. The van der Waals surface area contributed by atoms with Crippen molar-refractivity contribution in [3.8, 4) is 5.75 Å². The molecule has 2 aromatic rings. The molecule has 7 heteroatoms. The molecule has 0 saturated heterocycles. The van der Waals surface area contributed by atoms with Gasteiger partial charge in [0.25, 0.3) is 10.1 Å². The molecule has 0 radical (unpaired) electrons. The van der Waals surface area contributed by atoms with Crippen molar-refractivity contribution in [3.05, 3.63) is 64.7 Å². The lowest BCUT2D eigenvalue weighted by Crippen LogP contribution is -2.22. The molecule has 0 unspecified atom stereocenters. The van der Waals surface area contributed by atoms with Crippen molar-refractivity contribution in [2.75, 3.05) is 12.4 Å². The van der Waals surface area contributed by atoms with Gasteiger partial charge in [-0.3, -0.25) is 14.1 Å². The Kier molecular flexibility index (Phi) is 4.21. The Morgan fingerprint density at radius 2 is 1.50 bits per heavy atom. The molecule has 24 heavy (non-hydrogen) atoms. The van der Waals surface area contributed by atoms with Gasteiger partial charge in [0.2, 0.25) is 0 Å². The maximum Gasteiger partial charge on any atom is 0.264 e. The monoisotopic (exact) mass is 346 g/mol. The zero-order chi connectivity index (χ0) is 17.3. The molecule has 0 heterocycles. The van der Waals surface area contributed by atoms with E-state index >= 15 is 0 Å². The minimum absolute atomic E-state index is 0.000634. The molecular formula is C17H14O6S. The van der Waals surface area contributed by atoms with Crippen LogP contribution in [0.3, 0.4) is 0 Å². The van der Waals surface area contributed by atoms with Crippen LogP contribution in [0.4, 0.5) is 0 Å². The van der Waals surface area contributed by atoms with Crippen molar-refractivity contribution < 1.29 is 27.3 Å². The maximum atomic E-state index is 12.7. The summed E-state index contributed by atoms with van der Waals surface area (Å²) in [4.78, 5) is 25.2. The predicted molar refractivity (Wildman–Crippen MR) is 86.3 cm³/mol. The lowest BCUT2D eigenvalue weighted by atomic mass is 9.83. The van der Waals surface area contributed by atoms with E-state index in [1.807, 2.05) is 0 Å². The first-order valence-electron chi connectivity index (χ1n) is 7.28.